The van der Waals surface area contributed by atoms with Crippen LogP contribution < -0.4 is 0 Å². The minimum Gasteiger partial charge on any atom is -0.291 e. The van der Waals surface area contributed by atoms with Crippen LogP contribution in [-0.4, -0.2) is 67.3 Å². The Kier molecular flexibility index (Phi) is 7.27. The van der Waals surface area contributed by atoms with Crippen LogP contribution in [0.3, 0.4) is 0 Å². The van der Waals surface area contributed by atoms with E-state index in [0.717, 1.165) is 21.1 Å². The number of nitrogens with zero attached hydrogens (tertiary/aromatic N) is 7. The van der Waals surface area contributed by atoms with E-state index in [9.17, 15) is 22.0 Å². The average Bonchev–Trinajstić information content (AvgIpc) is 3.60. The molecule has 218 valence electrons. The van der Waals surface area contributed by atoms with Crippen LogP contribution in [-0.2, 0) is 23.5 Å². The lowest BCUT2D eigenvalue weighted by Gasteiger charge is -2.46. The van der Waals surface area contributed by atoms with Crippen LogP contribution in [0.25, 0.3) is 11.8 Å². The maximum atomic E-state index is 14.4. The molecule has 1 aromatic carbocycles. The summed E-state index contributed by atoms with van der Waals surface area (Å²) in [7, 11) is -2.72. The van der Waals surface area contributed by atoms with Crippen LogP contribution in [0, 0.1) is 11.2 Å². The van der Waals surface area contributed by atoms with E-state index in [1.807, 2.05) is 6.08 Å². The molecule has 0 saturated heterocycles. The summed E-state index contributed by atoms with van der Waals surface area (Å²) in [4.78, 5) is 22.6. The maximum Gasteiger partial charge on any atom is 0.282 e. The van der Waals surface area contributed by atoms with Gasteiger partial charge in [-0.15, -0.1) is 5.10 Å². The van der Waals surface area contributed by atoms with E-state index in [0.29, 0.717) is 23.6 Å². The number of fused-ring (bicyclic) bond motifs is 2. The van der Waals surface area contributed by atoms with Crippen LogP contribution in [0.2, 0.25) is 5.02 Å². The van der Waals surface area contributed by atoms with E-state index >= 15 is 0 Å². The highest BCUT2D eigenvalue weighted by Crippen LogP contribution is 2.51. The van der Waals surface area contributed by atoms with E-state index in [1.165, 1.54) is 35.4 Å². The average molecular weight is 614 g/mol. The van der Waals surface area contributed by atoms with Crippen LogP contribution in [0.15, 0.2) is 65.8 Å². The number of alkyl halides is 1. The standard InChI is InChI=1S/C28H26ClF2N7O3S/c1-36-17-33-27(35-36)42(40,41)37(11-9-30)23-5-2-19-12-25-18(16-34-38(25)22-6-3-21(31)4-7-22)14-28(19,15-23)26(39)24-13-20(29)8-10-32-24/h3-4,6-8,10,12-13,16-17,23H,2,5,9,11,14-15H2,1H3/t23-,28-/m0/s1. The number of sulfonamides is 1. The van der Waals surface area contributed by atoms with Crippen molar-refractivity contribution in [1.82, 2.24) is 33.8 Å². The fraction of sp³-hybridized carbons (Fsp3) is 0.321. The first-order valence-corrected chi connectivity index (χ1v) is 15.1. The molecule has 1 fully saturated rings. The van der Waals surface area contributed by atoms with Crippen molar-refractivity contribution >= 4 is 33.5 Å². The number of allylic oxidation sites excluding steroid dienone is 1. The second kappa shape index (κ2) is 10.8. The zero-order valence-corrected chi connectivity index (χ0v) is 24.1. The van der Waals surface area contributed by atoms with Crippen LogP contribution in [0.4, 0.5) is 8.78 Å². The van der Waals surface area contributed by atoms with Gasteiger partial charge in [-0.1, -0.05) is 17.2 Å². The molecule has 10 nitrogen and oxygen atoms in total. The predicted octanol–water partition coefficient (Wildman–Crippen LogP) is 4.21. The van der Waals surface area contributed by atoms with Gasteiger partial charge in [0.15, 0.2) is 5.78 Å². The number of aromatic nitrogens is 6. The number of hydrogen-bond donors (Lipinski definition) is 0. The van der Waals surface area contributed by atoms with Crippen LogP contribution in [0.5, 0.6) is 0 Å². The normalized spacial score (nSPS) is 20.2. The Bertz CT molecular complexity index is 1810. The summed E-state index contributed by atoms with van der Waals surface area (Å²) in [6.45, 7) is -1.33. The number of pyridine rings is 1. The number of hydrogen-bond acceptors (Lipinski definition) is 7. The van der Waals surface area contributed by atoms with E-state index in [1.54, 1.807) is 36.1 Å². The second-order valence-corrected chi connectivity index (χ2v) is 12.7. The molecule has 0 spiro atoms. The van der Waals surface area contributed by atoms with Gasteiger partial charge in [0.2, 0.25) is 0 Å². The van der Waals surface area contributed by atoms with Gasteiger partial charge in [0.25, 0.3) is 15.2 Å². The summed E-state index contributed by atoms with van der Waals surface area (Å²) in [5.74, 6) is -0.682. The molecule has 0 N–H and O–H groups in total. The molecule has 1 saturated carbocycles. The highest BCUT2D eigenvalue weighted by Gasteiger charge is 2.52. The number of aryl methyl sites for hydroxylation is 1. The Balaban J connectivity index is 1.45. The lowest BCUT2D eigenvalue weighted by molar-refractivity contribution is 0.0734. The summed E-state index contributed by atoms with van der Waals surface area (Å²) < 4.78 is 58.7. The monoisotopic (exact) mass is 613 g/mol. The van der Waals surface area contributed by atoms with Gasteiger partial charge in [-0.2, -0.15) is 9.40 Å². The first-order chi connectivity index (χ1) is 20.1. The molecule has 0 unspecified atom stereocenters. The molecule has 0 radical (unpaired) electrons. The van der Waals surface area contributed by atoms with Crippen LogP contribution in [0.1, 0.15) is 41.0 Å². The molecule has 4 aromatic rings. The number of rotatable bonds is 8. The van der Waals surface area contributed by atoms with E-state index < -0.39 is 39.9 Å². The van der Waals surface area contributed by atoms with Gasteiger partial charge in [0.1, 0.15) is 24.5 Å². The number of carbonyl (C=O) groups excluding carboxylic acids is 1. The van der Waals surface area contributed by atoms with Crippen molar-refractivity contribution in [3.63, 3.8) is 0 Å². The first-order valence-electron chi connectivity index (χ1n) is 13.3. The van der Waals surface area contributed by atoms with Gasteiger partial charge in [-0.3, -0.25) is 14.5 Å². The first kappa shape index (κ1) is 28.3. The molecule has 42 heavy (non-hydrogen) atoms. The summed E-state index contributed by atoms with van der Waals surface area (Å²) in [5, 5.41) is 8.39. The third kappa shape index (κ3) is 4.84. The quantitative estimate of drug-likeness (QED) is 0.273. The molecule has 3 heterocycles. The third-order valence-electron chi connectivity index (χ3n) is 7.93. The fourth-order valence-electron chi connectivity index (χ4n) is 6.02. The summed E-state index contributed by atoms with van der Waals surface area (Å²) in [6.07, 6.45) is 7.27. The van der Waals surface area contributed by atoms with Gasteiger partial charge in [-0.05, 0) is 73.7 Å². The predicted molar refractivity (Wildman–Crippen MR) is 150 cm³/mol. The molecule has 2 aliphatic rings. The SMILES string of the molecule is Cn1cnc(S(=O)(=O)N(CCF)[C@H]2CCC3=Cc4c(cnn4-c4ccc(F)cc4)C[C@]3(C(=O)c3cc(Cl)ccn3)C2)n1. The van der Waals surface area contributed by atoms with E-state index in [-0.39, 0.29) is 30.1 Å². The molecule has 6 rings (SSSR count). The van der Waals surface area contributed by atoms with Gasteiger partial charge in [-0.25, -0.2) is 26.9 Å². The molecular weight excluding hydrogens is 588 g/mol. The van der Waals surface area contributed by atoms with E-state index in [4.69, 9.17) is 11.6 Å². The van der Waals surface area contributed by atoms with Gasteiger partial charge >= 0.3 is 0 Å². The Morgan fingerprint density at radius 3 is 2.69 bits per heavy atom. The van der Waals surface area contributed by atoms with Gasteiger partial charge in [0, 0.05) is 30.9 Å². The van der Waals surface area contributed by atoms with Crippen molar-refractivity contribution in [2.24, 2.45) is 12.5 Å². The zero-order chi connectivity index (χ0) is 29.6. The lowest BCUT2D eigenvalue weighted by Crippen LogP contribution is -2.51. The van der Waals surface area contributed by atoms with Crippen molar-refractivity contribution in [1.29, 1.82) is 0 Å². The van der Waals surface area contributed by atoms with E-state index in [2.05, 4.69) is 20.2 Å². The summed E-state index contributed by atoms with van der Waals surface area (Å²) in [6, 6.07) is 8.27. The number of halogens is 3. The third-order valence-corrected chi connectivity index (χ3v) is 9.91. The maximum absolute atomic E-state index is 14.4. The Morgan fingerprint density at radius 1 is 1.21 bits per heavy atom. The molecular formula is C28H26ClF2N7O3S. The molecule has 14 heteroatoms. The number of ketones is 1. The zero-order valence-electron chi connectivity index (χ0n) is 22.5. The number of carbonyl (C=O) groups is 1. The minimum absolute atomic E-state index is 0.0824. The van der Waals surface area contributed by atoms with Crippen molar-refractivity contribution in [2.45, 2.75) is 36.9 Å². The lowest BCUT2D eigenvalue weighted by atomic mass is 9.60. The highest BCUT2D eigenvalue weighted by atomic mass is 35.5. The minimum atomic E-state index is -4.26. The Hall–Kier alpha value is -3.81. The Labute approximate surface area is 245 Å². The van der Waals surface area contributed by atoms with Crippen molar-refractivity contribution in [2.75, 3.05) is 13.2 Å². The van der Waals surface area contributed by atoms with Crippen molar-refractivity contribution in [3.05, 3.63) is 88.5 Å². The van der Waals surface area contributed by atoms with Crippen molar-refractivity contribution < 1.29 is 22.0 Å². The highest BCUT2D eigenvalue weighted by molar-refractivity contribution is 7.89. The molecule has 0 bridgehead atoms. The fourth-order valence-corrected chi connectivity index (χ4v) is 7.68. The molecule has 0 aliphatic heterocycles. The summed E-state index contributed by atoms with van der Waals surface area (Å²) in [5.41, 5.74) is 1.91. The molecule has 2 atom stereocenters. The van der Waals surface area contributed by atoms with Gasteiger partial charge < -0.3 is 0 Å². The number of benzene rings is 1. The van der Waals surface area contributed by atoms with Gasteiger partial charge in [0.05, 0.1) is 23.0 Å². The Morgan fingerprint density at radius 2 is 2.00 bits per heavy atom. The number of Topliss-reactive ketones (excluding diaryl/α,β-unsaturated/α-hetero) is 1. The van der Waals surface area contributed by atoms with Crippen LogP contribution >= 0.6 is 11.6 Å². The topological polar surface area (TPSA) is 116 Å². The largest absolute Gasteiger partial charge is 0.291 e. The smallest absolute Gasteiger partial charge is 0.282 e. The molecule has 3 aromatic heterocycles. The van der Waals surface area contributed by atoms with Crippen molar-refractivity contribution in [3.8, 4) is 5.69 Å². The molecule has 0 amide bonds. The second-order valence-electron chi connectivity index (χ2n) is 10.5. The summed E-state index contributed by atoms with van der Waals surface area (Å²) >= 11 is 6.22. The molecule has 2 aliphatic carbocycles.